The van der Waals surface area contributed by atoms with Gasteiger partial charge in [0.2, 0.25) is 0 Å². The van der Waals surface area contributed by atoms with E-state index in [0.717, 1.165) is 27.1 Å². The normalized spacial score (nSPS) is 12.5. The molecule has 7 nitrogen and oxygen atoms in total. The van der Waals surface area contributed by atoms with Crippen LogP contribution < -0.4 is 11.2 Å². The van der Waals surface area contributed by atoms with Gasteiger partial charge < -0.3 is 4.57 Å². The largest absolute Gasteiger partial charge is 0.337 e. The Morgan fingerprint density at radius 3 is 2.19 bits per heavy atom. The summed E-state index contributed by atoms with van der Waals surface area (Å²) in [5.41, 5.74) is 3.48. The van der Waals surface area contributed by atoms with Crippen molar-refractivity contribution in [3.05, 3.63) is 127 Å². The molecule has 4 aromatic rings. The molecule has 5 rings (SSSR count). The summed E-state index contributed by atoms with van der Waals surface area (Å²) in [6, 6.07) is 23.8. The van der Waals surface area contributed by atoms with Gasteiger partial charge in [0.1, 0.15) is 11.6 Å². The Kier molecular flexibility index (Phi) is 6.03. The van der Waals surface area contributed by atoms with Crippen LogP contribution in [0.2, 0.25) is 0 Å². The number of rotatable bonds is 6. The van der Waals surface area contributed by atoms with Gasteiger partial charge in [-0.1, -0.05) is 60.7 Å². The third-order valence-corrected chi connectivity index (χ3v) is 7.02. The summed E-state index contributed by atoms with van der Waals surface area (Å²) in [5, 5.41) is 9.54. The molecule has 2 aromatic heterocycles. The number of benzene rings is 2. The lowest BCUT2D eigenvalue weighted by molar-refractivity contribution is 0.0967. The fraction of sp³-hybridized carbons (Fsp3) is 0.241. The lowest BCUT2D eigenvalue weighted by Gasteiger charge is -2.24. The molecule has 3 heterocycles. The molecule has 0 bridgehead atoms. The van der Waals surface area contributed by atoms with E-state index in [1.807, 2.05) is 62.4 Å². The Morgan fingerprint density at radius 2 is 1.61 bits per heavy atom. The molecule has 0 atom stereocenters. The molecular formula is C29H26N4O3. The Balaban J connectivity index is 1.59. The van der Waals surface area contributed by atoms with E-state index in [2.05, 4.69) is 28.8 Å². The van der Waals surface area contributed by atoms with Crippen molar-refractivity contribution in [1.82, 2.24) is 13.7 Å². The molecule has 0 unspecified atom stereocenters. The molecule has 1 aliphatic rings. The average Bonchev–Trinajstić information content (AvgIpc) is 3.49. The molecule has 0 spiro atoms. The van der Waals surface area contributed by atoms with Gasteiger partial charge in [-0.2, -0.15) is 5.26 Å². The highest BCUT2D eigenvalue weighted by atomic mass is 16.2. The molecule has 36 heavy (non-hydrogen) atoms. The van der Waals surface area contributed by atoms with Gasteiger partial charge >= 0.3 is 5.69 Å². The van der Waals surface area contributed by atoms with Crippen molar-refractivity contribution in [2.45, 2.75) is 45.8 Å². The van der Waals surface area contributed by atoms with Crippen molar-refractivity contribution < 1.29 is 4.79 Å². The number of carbonyl (C=O) groups is 1. The van der Waals surface area contributed by atoms with Crippen molar-refractivity contribution >= 4 is 5.78 Å². The van der Waals surface area contributed by atoms with E-state index in [9.17, 15) is 19.6 Å². The van der Waals surface area contributed by atoms with Crippen molar-refractivity contribution in [3.63, 3.8) is 0 Å². The summed E-state index contributed by atoms with van der Waals surface area (Å²) in [7, 11) is 0. The maximum Gasteiger partial charge on any atom is 0.331 e. The van der Waals surface area contributed by atoms with E-state index < -0.39 is 17.8 Å². The molecule has 0 amide bonds. The fourth-order valence-electron chi connectivity index (χ4n) is 5.34. The summed E-state index contributed by atoms with van der Waals surface area (Å²) in [5.74, 6) is -0.337. The van der Waals surface area contributed by atoms with E-state index in [1.54, 1.807) is 0 Å². The van der Waals surface area contributed by atoms with E-state index in [1.165, 1.54) is 4.57 Å². The van der Waals surface area contributed by atoms with Gasteiger partial charge in [0.15, 0.2) is 5.78 Å². The van der Waals surface area contributed by atoms with Crippen LogP contribution in [0.5, 0.6) is 0 Å². The molecule has 7 heteroatoms. The number of fused-ring (bicyclic) bond motifs is 1. The number of ketones is 1. The second-order valence-corrected chi connectivity index (χ2v) is 9.16. The van der Waals surface area contributed by atoms with Crippen LogP contribution >= 0.6 is 0 Å². The van der Waals surface area contributed by atoms with Crippen LogP contribution in [-0.2, 0) is 19.5 Å². The summed E-state index contributed by atoms with van der Waals surface area (Å²) in [4.78, 5) is 39.5. The highest BCUT2D eigenvalue weighted by Crippen LogP contribution is 2.31. The maximum atomic E-state index is 13.5. The summed E-state index contributed by atoms with van der Waals surface area (Å²) in [6.07, 6.45) is 1.21. The molecule has 0 radical (unpaired) electrons. The second kappa shape index (κ2) is 9.31. The first kappa shape index (κ1) is 23.3. The first-order chi connectivity index (χ1) is 17.4. The zero-order valence-corrected chi connectivity index (χ0v) is 20.3. The Morgan fingerprint density at radius 1 is 1.00 bits per heavy atom. The van der Waals surface area contributed by atoms with Crippen LogP contribution in [0.25, 0.3) is 0 Å². The number of carbonyl (C=O) groups excluding carboxylic acids is 1. The van der Waals surface area contributed by atoms with Gasteiger partial charge in [0.05, 0.1) is 12.6 Å². The van der Waals surface area contributed by atoms with Crippen LogP contribution in [0.15, 0.2) is 76.3 Å². The fourth-order valence-corrected chi connectivity index (χ4v) is 5.34. The molecule has 0 aliphatic carbocycles. The Hall–Kier alpha value is -4.44. The minimum absolute atomic E-state index is 0.0430. The van der Waals surface area contributed by atoms with Crippen LogP contribution in [0.4, 0.5) is 0 Å². The van der Waals surface area contributed by atoms with Crippen LogP contribution in [0, 0.1) is 25.2 Å². The van der Waals surface area contributed by atoms with E-state index in [4.69, 9.17) is 0 Å². The Labute approximate surface area is 208 Å². The van der Waals surface area contributed by atoms with E-state index >= 15 is 0 Å². The summed E-state index contributed by atoms with van der Waals surface area (Å²) in [6.45, 7) is 3.88. The lowest BCUT2D eigenvalue weighted by atomic mass is 9.98. The molecule has 0 saturated heterocycles. The maximum absolute atomic E-state index is 13.5. The third-order valence-electron chi connectivity index (χ3n) is 7.02. The molecule has 2 aromatic carbocycles. The number of nitrogens with zero attached hydrogens (tertiary/aromatic N) is 4. The molecule has 0 saturated carbocycles. The smallest absolute Gasteiger partial charge is 0.331 e. The van der Waals surface area contributed by atoms with Crippen molar-refractivity contribution in [1.29, 1.82) is 5.26 Å². The quantitative estimate of drug-likeness (QED) is 0.395. The first-order valence-corrected chi connectivity index (χ1v) is 12.0. The molecular weight excluding hydrogens is 452 g/mol. The number of aryl methyl sites for hydroxylation is 1. The minimum atomic E-state index is -0.691. The predicted octanol–water partition coefficient (Wildman–Crippen LogP) is 3.77. The lowest BCUT2D eigenvalue weighted by Crippen LogP contribution is -2.43. The predicted molar refractivity (Wildman–Crippen MR) is 136 cm³/mol. The van der Waals surface area contributed by atoms with Crippen molar-refractivity contribution in [2.75, 3.05) is 0 Å². The van der Waals surface area contributed by atoms with Crippen LogP contribution in [0.3, 0.4) is 0 Å². The number of nitriles is 1. The second-order valence-electron chi connectivity index (χ2n) is 9.16. The monoisotopic (exact) mass is 478 g/mol. The number of Topliss-reactive ketones (excluding diaryl/α,β-unsaturated/α-hetero) is 1. The van der Waals surface area contributed by atoms with Gasteiger partial charge in [0, 0.05) is 29.2 Å². The summed E-state index contributed by atoms with van der Waals surface area (Å²) >= 11 is 0. The van der Waals surface area contributed by atoms with Gasteiger partial charge in [-0.15, -0.1) is 0 Å². The first-order valence-electron chi connectivity index (χ1n) is 12.0. The highest BCUT2D eigenvalue weighted by Gasteiger charge is 2.27. The van der Waals surface area contributed by atoms with E-state index in [0.29, 0.717) is 30.6 Å². The molecule has 180 valence electrons. The van der Waals surface area contributed by atoms with Gasteiger partial charge in [0.25, 0.3) is 5.56 Å². The Bertz CT molecular complexity index is 1580. The molecule has 1 aliphatic heterocycles. The molecule has 0 fully saturated rings. The van der Waals surface area contributed by atoms with Crippen LogP contribution in [0.1, 0.15) is 56.6 Å². The number of aromatic nitrogens is 3. The number of hydrogen-bond acceptors (Lipinski definition) is 4. The average molecular weight is 479 g/mol. The van der Waals surface area contributed by atoms with Crippen molar-refractivity contribution in [2.24, 2.45) is 0 Å². The van der Waals surface area contributed by atoms with Crippen LogP contribution in [-0.4, -0.2) is 19.5 Å². The SMILES string of the molecule is Cc1cc(C(=O)Cn2c(=O)c(C#N)c3n(c2=O)CCC3)c(C)n1C(c1ccccc1)c1ccccc1. The van der Waals surface area contributed by atoms with Gasteiger partial charge in [-0.05, 0) is 43.9 Å². The summed E-state index contributed by atoms with van der Waals surface area (Å²) < 4.78 is 4.49. The standard InChI is InChI=1S/C29H26N4O3/c1-19-16-23(26(34)18-32-28(35)24(17-30)25-14-9-15-31(25)29(32)36)20(2)33(19)27(21-10-5-3-6-11-21)22-12-7-4-8-13-22/h3-8,10-13,16,27H,9,14-15,18H2,1-2H3. The third kappa shape index (κ3) is 3.81. The van der Waals surface area contributed by atoms with Gasteiger partial charge in [-0.3, -0.25) is 18.7 Å². The molecule has 0 N–H and O–H groups in total. The topological polar surface area (TPSA) is 89.8 Å². The number of hydrogen-bond donors (Lipinski definition) is 0. The van der Waals surface area contributed by atoms with E-state index in [-0.39, 0.29) is 17.4 Å². The minimum Gasteiger partial charge on any atom is -0.337 e. The van der Waals surface area contributed by atoms with Gasteiger partial charge in [-0.25, -0.2) is 4.79 Å². The highest BCUT2D eigenvalue weighted by molar-refractivity contribution is 5.97. The zero-order valence-electron chi connectivity index (χ0n) is 20.3. The zero-order chi connectivity index (χ0) is 25.4. The van der Waals surface area contributed by atoms with Crippen molar-refractivity contribution in [3.8, 4) is 6.07 Å².